The van der Waals surface area contributed by atoms with E-state index in [-0.39, 0.29) is 5.91 Å². The van der Waals surface area contributed by atoms with Crippen LogP contribution in [0.25, 0.3) is 0 Å². The highest BCUT2D eigenvalue weighted by Crippen LogP contribution is 2.02. The van der Waals surface area contributed by atoms with Crippen molar-refractivity contribution < 1.29 is 4.79 Å². The fraction of sp³-hybridized carbons (Fsp3) is 0.462. The summed E-state index contributed by atoms with van der Waals surface area (Å²) in [6.45, 7) is 2.97. The lowest BCUT2D eigenvalue weighted by Gasteiger charge is -1.93. The molecule has 82 valence electrons. The van der Waals surface area contributed by atoms with E-state index in [2.05, 4.69) is 24.4 Å². The van der Waals surface area contributed by atoms with Gasteiger partial charge in [-0.3, -0.25) is 4.79 Å². The quantitative estimate of drug-likeness (QED) is 0.693. The topological polar surface area (TPSA) is 29.1 Å². The van der Waals surface area contributed by atoms with E-state index >= 15 is 0 Å². The van der Waals surface area contributed by atoms with E-state index in [0.717, 1.165) is 25.8 Å². The van der Waals surface area contributed by atoms with Crippen LogP contribution in [0.3, 0.4) is 0 Å². The summed E-state index contributed by atoms with van der Waals surface area (Å²) in [6.07, 6.45) is 4.18. The summed E-state index contributed by atoms with van der Waals surface area (Å²) in [4.78, 5) is 10.6. The maximum Gasteiger partial charge on any atom is 0.219 e. The molecule has 0 unspecified atom stereocenters. The predicted octanol–water partition coefficient (Wildman–Crippen LogP) is 2.67. The van der Waals surface area contributed by atoms with E-state index < -0.39 is 0 Å². The third-order valence-corrected chi connectivity index (χ3v) is 2.34. The van der Waals surface area contributed by atoms with Gasteiger partial charge in [0.2, 0.25) is 5.91 Å². The second kappa shape index (κ2) is 7.04. The molecule has 0 bridgehead atoms. The molecule has 2 heteroatoms. The summed E-state index contributed by atoms with van der Waals surface area (Å²) in [5.74, 6) is 0.225. The van der Waals surface area contributed by atoms with Gasteiger partial charge in [0.1, 0.15) is 0 Å². The van der Waals surface area contributed by atoms with Gasteiger partial charge in [0.25, 0.3) is 0 Å². The predicted molar refractivity (Wildman–Crippen MR) is 62.7 cm³/mol. The molecule has 1 aliphatic rings. The van der Waals surface area contributed by atoms with Gasteiger partial charge in [-0.15, -0.1) is 0 Å². The normalized spacial score (nSPS) is 15.7. The van der Waals surface area contributed by atoms with Gasteiger partial charge in [0, 0.05) is 13.0 Å². The molecule has 1 N–H and O–H groups in total. The van der Waals surface area contributed by atoms with Gasteiger partial charge in [0.15, 0.2) is 0 Å². The molecule has 0 saturated carbocycles. The van der Waals surface area contributed by atoms with E-state index in [9.17, 15) is 4.79 Å². The lowest BCUT2D eigenvalue weighted by Crippen LogP contribution is -2.21. The van der Waals surface area contributed by atoms with Crippen molar-refractivity contribution in [2.75, 3.05) is 6.54 Å². The number of nitrogens with one attached hydrogen (secondary N) is 1. The molecule has 1 aliphatic heterocycles. The number of benzene rings is 1. The van der Waals surface area contributed by atoms with Crippen LogP contribution in [0.1, 0.15) is 31.2 Å². The Morgan fingerprint density at radius 2 is 1.80 bits per heavy atom. The number of carbonyl (C=O) groups excluding carboxylic acids is 1. The first kappa shape index (κ1) is 11.8. The first-order valence-corrected chi connectivity index (χ1v) is 5.57. The summed E-state index contributed by atoms with van der Waals surface area (Å²) in [5.41, 5.74) is 1.32. The summed E-state index contributed by atoms with van der Waals surface area (Å²) < 4.78 is 0. The Labute approximate surface area is 91.7 Å². The number of carbonyl (C=O) groups is 1. The molecule has 0 spiro atoms. The minimum Gasteiger partial charge on any atom is -0.356 e. The first-order valence-electron chi connectivity index (χ1n) is 5.57. The Morgan fingerprint density at radius 3 is 2.40 bits per heavy atom. The molecule has 0 aromatic heterocycles. The van der Waals surface area contributed by atoms with Crippen LogP contribution in [0, 0.1) is 6.92 Å². The smallest absolute Gasteiger partial charge is 0.219 e. The highest BCUT2D eigenvalue weighted by atomic mass is 16.1. The molecule has 1 fully saturated rings. The van der Waals surface area contributed by atoms with Crippen LogP contribution in [0.2, 0.25) is 0 Å². The van der Waals surface area contributed by atoms with Crippen molar-refractivity contribution in [3.05, 3.63) is 35.9 Å². The fourth-order valence-electron chi connectivity index (χ4n) is 1.44. The van der Waals surface area contributed by atoms with Gasteiger partial charge < -0.3 is 5.32 Å². The average molecular weight is 205 g/mol. The number of hydrogen-bond acceptors (Lipinski definition) is 1. The van der Waals surface area contributed by atoms with Gasteiger partial charge >= 0.3 is 0 Å². The maximum absolute atomic E-state index is 10.6. The largest absolute Gasteiger partial charge is 0.356 e. The number of aryl methyl sites for hydroxylation is 1. The van der Waals surface area contributed by atoms with Crippen molar-refractivity contribution in [1.29, 1.82) is 0 Å². The number of amides is 1. The summed E-state index contributed by atoms with van der Waals surface area (Å²) in [5, 5.41) is 2.81. The van der Waals surface area contributed by atoms with Crippen LogP contribution in [0.15, 0.2) is 30.3 Å². The zero-order chi connectivity index (χ0) is 10.9. The molecule has 0 radical (unpaired) electrons. The van der Waals surface area contributed by atoms with Gasteiger partial charge in [0.05, 0.1) is 0 Å². The van der Waals surface area contributed by atoms with Crippen LogP contribution in [0.5, 0.6) is 0 Å². The highest BCUT2D eigenvalue weighted by Gasteiger charge is 2.03. The molecule has 0 atom stereocenters. The Bertz CT molecular complexity index is 272. The van der Waals surface area contributed by atoms with Crippen molar-refractivity contribution in [2.24, 2.45) is 0 Å². The number of hydrogen-bond donors (Lipinski definition) is 1. The lowest BCUT2D eigenvalue weighted by atomic mass is 10.2. The molecule has 1 saturated heterocycles. The van der Waals surface area contributed by atoms with Crippen LogP contribution in [-0.4, -0.2) is 12.5 Å². The van der Waals surface area contributed by atoms with Gasteiger partial charge in [-0.2, -0.15) is 0 Å². The van der Waals surface area contributed by atoms with E-state index in [1.54, 1.807) is 0 Å². The van der Waals surface area contributed by atoms with Crippen LogP contribution in [-0.2, 0) is 4.79 Å². The van der Waals surface area contributed by atoms with Crippen molar-refractivity contribution in [3.8, 4) is 0 Å². The van der Waals surface area contributed by atoms with E-state index in [0.29, 0.717) is 0 Å². The maximum atomic E-state index is 10.6. The molecule has 1 aromatic carbocycles. The van der Waals surface area contributed by atoms with Crippen LogP contribution in [0.4, 0.5) is 0 Å². The van der Waals surface area contributed by atoms with E-state index in [1.165, 1.54) is 12.0 Å². The third kappa shape index (κ3) is 5.89. The molecule has 0 aliphatic carbocycles. The molecule has 1 aromatic rings. The standard InChI is InChI=1S/C7H8.C6H11NO/c1-7-5-3-2-4-6-7;8-6-4-2-1-3-5-7-6/h2-6H,1H3;1-5H2,(H,7,8). The Kier molecular flexibility index (Phi) is 5.52. The second-order valence-corrected chi connectivity index (χ2v) is 3.82. The fourth-order valence-corrected chi connectivity index (χ4v) is 1.44. The van der Waals surface area contributed by atoms with Crippen molar-refractivity contribution >= 4 is 5.91 Å². The molecular formula is C13H19NO. The Morgan fingerprint density at radius 1 is 1.07 bits per heavy atom. The summed E-state index contributed by atoms with van der Waals surface area (Å²) in [7, 11) is 0. The molecule has 1 heterocycles. The molecule has 2 nitrogen and oxygen atoms in total. The van der Waals surface area contributed by atoms with Crippen molar-refractivity contribution in [1.82, 2.24) is 5.32 Å². The monoisotopic (exact) mass is 205 g/mol. The summed E-state index contributed by atoms with van der Waals surface area (Å²) in [6, 6.07) is 10.3. The van der Waals surface area contributed by atoms with Crippen LogP contribution >= 0.6 is 0 Å². The Hall–Kier alpha value is -1.31. The van der Waals surface area contributed by atoms with Gasteiger partial charge in [-0.1, -0.05) is 42.3 Å². The van der Waals surface area contributed by atoms with Crippen molar-refractivity contribution in [2.45, 2.75) is 32.6 Å². The van der Waals surface area contributed by atoms with Gasteiger partial charge in [-0.25, -0.2) is 0 Å². The van der Waals surface area contributed by atoms with Gasteiger partial charge in [-0.05, 0) is 19.8 Å². The number of rotatable bonds is 0. The molecule has 15 heavy (non-hydrogen) atoms. The SMILES string of the molecule is Cc1ccccc1.O=C1CCCCCN1. The molecule has 2 rings (SSSR count). The van der Waals surface area contributed by atoms with Crippen molar-refractivity contribution in [3.63, 3.8) is 0 Å². The minimum atomic E-state index is 0.225. The molecule has 1 amide bonds. The van der Waals surface area contributed by atoms with Crippen LogP contribution < -0.4 is 5.32 Å². The lowest BCUT2D eigenvalue weighted by molar-refractivity contribution is -0.120. The third-order valence-electron chi connectivity index (χ3n) is 2.34. The second-order valence-electron chi connectivity index (χ2n) is 3.82. The Balaban J connectivity index is 0.000000151. The van der Waals surface area contributed by atoms with E-state index in [4.69, 9.17) is 0 Å². The summed E-state index contributed by atoms with van der Waals surface area (Å²) >= 11 is 0. The first-order chi connectivity index (χ1) is 7.29. The highest BCUT2D eigenvalue weighted by molar-refractivity contribution is 5.75. The molecular weight excluding hydrogens is 186 g/mol. The zero-order valence-corrected chi connectivity index (χ0v) is 9.33. The van der Waals surface area contributed by atoms with E-state index in [1.807, 2.05) is 18.2 Å². The minimum absolute atomic E-state index is 0.225. The average Bonchev–Trinajstić information content (AvgIpc) is 2.48. The zero-order valence-electron chi connectivity index (χ0n) is 9.33.